The van der Waals surface area contributed by atoms with Gasteiger partial charge in [-0.3, -0.25) is 4.79 Å². The number of hydrogen-bond donors (Lipinski definition) is 0. The summed E-state index contributed by atoms with van der Waals surface area (Å²) in [7, 11) is 0. The Morgan fingerprint density at radius 1 is 1.33 bits per heavy atom. The van der Waals surface area contributed by atoms with E-state index in [0.29, 0.717) is 0 Å². The fraction of sp³-hybridized carbons (Fsp3) is 0.533. The Bertz CT molecular complexity index is 423. The number of nitrogens with zero attached hydrogens (tertiary/aromatic N) is 1. The number of piperidine rings is 1. The van der Waals surface area contributed by atoms with Gasteiger partial charge in [0, 0.05) is 28.8 Å². The van der Waals surface area contributed by atoms with Crippen LogP contribution in [0.25, 0.3) is 0 Å². The third kappa shape index (κ3) is 2.94. The average Bonchev–Trinajstić information content (AvgIpc) is 2.38. The molecule has 2 rings (SSSR count). The largest absolute Gasteiger partial charge is 0.371 e. The Kier molecular flexibility index (Phi) is 4.44. The molecule has 1 aromatic rings. The lowest BCUT2D eigenvalue weighted by atomic mass is 9.86. The van der Waals surface area contributed by atoms with Crippen molar-refractivity contribution in [1.29, 1.82) is 0 Å². The van der Waals surface area contributed by atoms with E-state index < -0.39 is 0 Å². The van der Waals surface area contributed by atoms with Gasteiger partial charge in [-0.15, -0.1) is 0 Å². The zero-order chi connectivity index (χ0) is 13.1. The second-order valence-electron chi connectivity index (χ2n) is 5.39. The molecular formula is C15H20BrNO. The molecule has 0 N–H and O–H groups in total. The van der Waals surface area contributed by atoms with Crippen molar-refractivity contribution < 1.29 is 4.79 Å². The molecule has 1 aromatic carbocycles. The molecule has 0 unspecified atom stereocenters. The summed E-state index contributed by atoms with van der Waals surface area (Å²) < 4.78 is 0.890. The standard InChI is InChI=1S/C15H20BrNO/c1-11(2)12-5-7-17(8-6-12)14-4-3-13(10-18)15(16)9-14/h3-4,9-12H,5-8H2,1-2H3. The van der Waals surface area contributed by atoms with E-state index in [4.69, 9.17) is 0 Å². The molecule has 0 radical (unpaired) electrons. The first-order chi connectivity index (χ1) is 8.61. The van der Waals surface area contributed by atoms with Gasteiger partial charge in [0.2, 0.25) is 0 Å². The molecule has 1 fully saturated rings. The summed E-state index contributed by atoms with van der Waals surface area (Å²) in [6.45, 7) is 6.87. The molecule has 18 heavy (non-hydrogen) atoms. The van der Waals surface area contributed by atoms with Crippen molar-refractivity contribution in [3.63, 3.8) is 0 Å². The summed E-state index contributed by atoms with van der Waals surface area (Å²) in [5, 5.41) is 0. The molecule has 0 bridgehead atoms. The Morgan fingerprint density at radius 3 is 2.50 bits per heavy atom. The van der Waals surface area contributed by atoms with Crippen LogP contribution in [-0.2, 0) is 0 Å². The minimum Gasteiger partial charge on any atom is -0.371 e. The highest BCUT2D eigenvalue weighted by Gasteiger charge is 2.21. The maximum atomic E-state index is 10.8. The molecule has 0 atom stereocenters. The monoisotopic (exact) mass is 309 g/mol. The van der Waals surface area contributed by atoms with Gasteiger partial charge in [0.05, 0.1) is 0 Å². The van der Waals surface area contributed by atoms with Crippen molar-refractivity contribution >= 4 is 27.9 Å². The Balaban J connectivity index is 2.05. The minimum absolute atomic E-state index is 0.718. The van der Waals surface area contributed by atoms with Gasteiger partial charge in [0.15, 0.2) is 6.29 Å². The molecule has 1 saturated heterocycles. The number of benzene rings is 1. The average molecular weight is 310 g/mol. The van der Waals surface area contributed by atoms with Gasteiger partial charge in [0.1, 0.15) is 0 Å². The molecule has 1 aliphatic heterocycles. The predicted molar refractivity (Wildman–Crippen MR) is 79.3 cm³/mol. The second-order valence-corrected chi connectivity index (χ2v) is 6.25. The molecule has 3 heteroatoms. The van der Waals surface area contributed by atoms with Crippen molar-refractivity contribution in [2.75, 3.05) is 18.0 Å². The van der Waals surface area contributed by atoms with Gasteiger partial charge in [-0.1, -0.05) is 13.8 Å². The third-order valence-corrected chi connectivity index (χ3v) is 4.65. The summed E-state index contributed by atoms with van der Waals surface area (Å²) in [5.41, 5.74) is 1.94. The Morgan fingerprint density at radius 2 is 2.00 bits per heavy atom. The Hall–Kier alpha value is -0.830. The molecule has 0 aromatic heterocycles. The molecule has 0 aliphatic carbocycles. The molecular weight excluding hydrogens is 290 g/mol. The summed E-state index contributed by atoms with van der Waals surface area (Å²) >= 11 is 3.45. The molecule has 2 nitrogen and oxygen atoms in total. The van der Waals surface area contributed by atoms with Crippen LogP contribution in [0.2, 0.25) is 0 Å². The number of anilines is 1. The smallest absolute Gasteiger partial charge is 0.151 e. The van der Waals surface area contributed by atoms with E-state index in [1.807, 2.05) is 12.1 Å². The minimum atomic E-state index is 0.718. The fourth-order valence-corrected chi connectivity index (χ4v) is 3.09. The van der Waals surface area contributed by atoms with Gasteiger partial charge in [-0.25, -0.2) is 0 Å². The first kappa shape index (κ1) is 13.6. The first-order valence-electron chi connectivity index (χ1n) is 6.61. The number of aldehydes is 1. The van der Waals surface area contributed by atoms with Gasteiger partial charge < -0.3 is 4.90 Å². The molecule has 1 heterocycles. The lowest BCUT2D eigenvalue weighted by Gasteiger charge is -2.35. The maximum Gasteiger partial charge on any atom is 0.151 e. The van der Waals surface area contributed by atoms with E-state index in [1.54, 1.807) is 0 Å². The van der Waals surface area contributed by atoms with Crippen LogP contribution in [0.15, 0.2) is 22.7 Å². The maximum absolute atomic E-state index is 10.8. The molecule has 1 aliphatic rings. The van der Waals surface area contributed by atoms with Crippen LogP contribution in [0.4, 0.5) is 5.69 Å². The number of carbonyl (C=O) groups is 1. The van der Waals surface area contributed by atoms with E-state index in [9.17, 15) is 4.79 Å². The summed E-state index contributed by atoms with van der Waals surface area (Å²) in [4.78, 5) is 13.2. The predicted octanol–water partition coefficient (Wildman–Crippen LogP) is 4.13. The highest BCUT2D eigenvalue weighted by molar-refractivity contribution is 9.10. The van der Waals surface area contributed by atoms with Gasteiger partial charge in [-0.2, -0.15) is 0 Å². The topological polar surface area (TPSA) is 20.3 Å². The van der Waals surface area contributed by atoms with Crippen LogP contribution >= 0.6 is 15.9 Å². The van der Waals surface area contributed by atoms with Gasteiger partial charge in [0.25, 0.3) is 0 Å². The van der Waals surface area contributed by atoms with E-state index in [-0.39, 0.29) is 0 Å². The molecule has 0 spiro atoms. The van der Waals surface area contributed by atoms with Crippen molar-refractivity contribution in [2.24, 2.45) is 11.8 Å². The van der Waals surface area contributed by atoms with Crippen molar-refractivity contribution in [3.05, 3.63) is 28.2 Å². The molecule has 0 saturated carbocycles. The lowest BCUT2D eigenvalue weighted by molar-refractivity contribution is 0.112. The normalized spacial score (nSPS) is 17.2. The fourth-order valence-electron chi connectivity index (χ4n) is 2.63. The first-order valence-corrected chi connectivity index (χ1v) is 7.40. The van der Waals surface area contributed by atoms with Crippen LogP contribution < -0.4 is 4.90 Å². The summed E-state index contributed by atoms with van der Waals surface area (Å²) in [6.07, 6.45) is 3.42. The van der Waals surface area contributed by atoms with E-state index in [1.165, 1.54) is 18.5 Å². The number of rotatable bonds is 3. The van der Waals surface area contributed by atoms with Gasteiger partial charge in [-0.05, 0) is 58.8 Å². The number of hydrogen-bond acceptors (Lipinski definition) is 2. The van der Waals surface area contributed by atoms with Gasteiger partial charge >= 0.3 is 0 Å². The highest BCUT2D eigenvalue weighted by atomic mass is 79.9. The number of halogens is 1. The van der Waals surface area contributed by atoms with Crippen LogP contribution in [0.3, 0.4) is 0 Å². The van der Waals surface area contributed by atoms with Crippen LogP contribution in [-0.4, -0.2) is 19.4 Å². The van der Waals surface area contributed by atoms with Crippen molar-refractivity contribution in [1.82, 2.24) is 0 Å². The van der Waals surface area contributed by atoms with Crippen LogP contribution in [0, 0.1) is 11.8 Å². The SMILES string of the molecule is CC(C)C1CCN(c2ccc(C=O)c(Br)c2)CC1. The zero-order valence-electron chi connectivity index (χ0n) is 11.0. The summed E-state index contributed by atoms with van der Waals surface area (Å²) in [6, 6.07) is 5.99. The van der Waals surface area contributed by atoms with Crippen molar-refractivity contribution in [3.8, 4) is 0 Å². The van der Waals surface area contributed by atoms with Crippen LogP contribution in [0.1, 0.15) is 37.0 Å². The quantitative estimate of drug-likeness (QED) is 0.782. The van der Waals surface area contributed by atoms with E-state index in [2.05, 4.69) is 40.7 Å². The van der Waals surface area contributed by atoms with Crippen LogP contribution in [0.5, 0.6) is 0 Å². The number of carbonyl (C=O) groups excluding carboxylic acids is 1. The highest BCUT2D eigenvalue weighted by Crippen LogP contribution is 2.29. The molecule has 0 amide bonds. The zero-order valence-corrected chi connectivity index (χ0v) is 12.6. The van der Waals surface area contributed by atoms with Crippen molar-refractivity contribution in [2.45, 2.75) is 26.7 Å². The Labute approximate surface area is 117 Å². The third-order valence-electron chi connectivity index (χ3n) is 3.96. The molecule has 98 valence electrons. The second kappa shape index (κ2) is 5.87. The van der Waals surface area contributed by atoms with E-state index >= 15 is 0 Å². The summed E-state index contributed by atoms with van der Waals surface area (Å²) in [5.74, 6) is 1.65. The van der Waals surface area contributed by atoms with E-state index in [0.717, 1.165) is 41.2 Å². The lowest BCUT2D eigenvalue weighted by Crippen LogP contribution is -2.35.